The Bertz CT molecular complexity index is 785. The fraction of sp³-hybridized carbons (Fsp3) is 0. The van der Waals surface area contributed by atoms with Gasteiger partial charge in [0.1, 0.15) is 6.33 Å². The Morgan fingerprint density at radius 2 is 2.10 bits per heavy atom. The second kappa shape index (κ2) is 5.55. The van der Waals surface area contributed by atoms with Crippen LogP contribution in [0.4, 0.5) is 5.69 Å². The molecule has 0 radical (unpaired) electrons. The van der Waals surface area contributed by atoms with Crippen LogP contribution < -0.4 is 5.32 Å². The molecule has 3 rings (SSSR count). The molecule has 0 aliphatic carbocycles. The van der Waals surface area contributed by atoms with Crippen molar-refractivity contribution in [2.24, 2.45) is 0 Å². The maximum Gasteiger partial charge on any atom is 0.291 e. The fourth-order valence-corrected chi connectivity index (χ4v) is 1.96. The Balaban J connectivity index is 1.88. The lowest BCUT2D eigenvalue weighted by atomic mass is 10.2. The number of carbonyl (C=O) groups excluding carboxylic acids is 1. The van der Waals surface area contributed by atoms with Crippen molar-refractivity contribution in [2.75, 3.05) is 5.32 Å². The van der Waals surface area contributed by atoms with E-state index in [0.717, 1.165) is 0 Å². The molecular weight excluding hydrogens is 317 g/mol. The van der Waals surface area contributed by atoms with Crippen LogP contribution in [0.1, 0.15) is 10.6 Å². The molecule has 0 bridgehead atoms. The summed E-state index contributed by atoms with van der Waals surface area (Å²) in [5.74, 6) is -0.374. The van der Waals surface area contributed by atoms with Gasteiger partial charge in [0.2, 0.25) is 0 Å². The lowest BCUT2D eigenvalue weighted by Gasteiger charge is -2.08. The SMILES string of the molecule is O=C(Nc1cc(-n2cnnn2)ccc1Cl)c1ccc(Cl)o1. The van der Waals surface area contributed by atoms with Gasteiger partial charge in [-0.15, -0.1) is 5.10 Å². The number of hydrogen-bond acceptors (Lipinski definition) is 5. The number of carbonyl (C=O) groups is 1. The van der Waals surface area contributed by atoms with E-state index in [4.69, 9.17) is 27.6 Å². The zero-order valence-electron chi connectivity index (χ0n) is 10.3. The zero-order chi connectivity index (χ0) is 14.8. The van der Waals surface area contributed by atoms with Crippen molar-refractivity contribution in [3.05, 3.63) is 52.7 Å². The monoisotopic (exact) mass is 323 g/mol. The summed E-state index contributed by atoms with van der Waals surface area (Å²) in [6, 6.07) is 7.94. The molecular formula is C12H7Cl2N5O2. The summed E-state index contributed by atoms with van der Waals surface area (Å²) in [5.41, 5.74) is 1.05. The predicted molar refractivity (Wildman–Crippen MR) is 75.8 cm³/mol. The first-order valence-electron chi connectivity index (χ1n) is 5.73. The van der Waals surface area contributed by atoms with E-state index >= 15 is 0 Å². The van der Waals surface area contributed by atoms with E-state index in [0.29, 0.717) is 16.4 Å². The summed E-state index contributed by atoms with van der Waals surface area (Å²) < 4.78 is 6.47. The largest absolute Gasteiger partial charge is 0.440 e. The normalized spacial score (nSPS) is 10.6. The van der Waals surface area contributed by atoms with E-state index < -0.39 is 5.91 Å². The molecule has 0 aliphatic heterocycles. The second-order valence-electron chi connectivity index (χ2n) is 3.98. The quantitative estimate of drug-likeness (QED) is 0.800. The molecule has 21 heavy (non-hydrogen) atoms. The van der Waals surface area contributed by atoms with E-state index in [1.807, 2.05) is 0 Å². The molecule has 9 heteroatoms. The van der Waals surface area contributed by atoms with Gasteiger partial charge in [0.25, 0.3) is 5.91 Å². The number of benzene rings is 1. The number of tetrazole rings is 1. The van der Waals surface area contributed by atoms with Crippen molar-refractivity contribution in [1.29, 1.82) is 0 Å². The highest BCUT2D eigenvalue weighted by Crippen LogP contribution is 2.25. The number of nitrogens with one attached hydrogen (secondary N) is 1. The number of aromatic nitrogens is 4. The first-order valence-corrected chi connectivity index (χ1v) is 6.48. The average molecular weight is 324 g/mol. The van der Waals surface area contributed by atoms with E-state index in [9.17, 15) is 4.79 Å². The van der Waals surface area contributed by atoms with E-state index in [2.05, 4.69) is 20.8 Å². The van der Waals surface area contributed by atoms with Gasteiger partial charge >= 0.3 is 0 Å². The standard InChI is InChI=1S/C12H7Cl2N5O2/c13-8-2-1-7(19-6-15-17-18-19)5-9(8)16-12(20)10-3-4-11(14)21-10/h1-6H,(H,16,20). The molecule has 2 aromatic heterocycles. The van der Waals surface area contributed by atoms with Crippen LogP contribution in [0.15, 0.2) is 41.1 Å². The van der Waals surface area contributed by atoms with Crippen LogP contribution in [0.3, 0.4) is 0 Å². The highest BCUT2D eigenvalue weighted by atomic mass is 35.5. The number of hydrogen-bond donors (Lipinski definition) is 1. The third-order valence-corrected chi connectivity index (χ3v) is 3.14. The molecule has 1 N–H and O–H groups in total. The molecule has 0 saturated heterocycles. The number of rotatable bonds is 3. The Labute approximate surface area is 128 Å². The summed E-state index contributed by atoms with van der Waals surface area (Å²) in [6.45, 7) is 0. The number of nitrogens with zero attached hydrogens (tertiary/aromatic N) is 4. The molecule has 0 atom stereocenters. The van der Waals surface area contributed by atoms with Crippen LogP contribution in [-0.2, 0) is 0 Å². The van der Waals surface area contributed by atoms with Gasteiger partial charge in [0, 0.05) is 0 Å². The van der Waals surface area contributed by atoms with Gasteiger partial charge in [-0.05, 0) is 52.4 Å². The predicted octanol–water partition coefficient (Wildman–Crippen LogP) is 2.81. The summed E-state index contributed by atoms with van der Waals surface area (Å²) in [5, 5.41) is 14.0. The van der Waals surface area contributed by atoms with Gasteiger partial charge in [-0.3, -0.25) is 4.79 Å². The minimum Gasteiger partial charge on any atom is -0.440 e. The van der Waals surface area contributed by atoms with Crippen LogP contribution >= 0.6 is 23.2 Å². The van der Waals surface area contributed by atoms with Gasteiger partial charge in [-0.1, -0.05) is 11.6 Å². The lowest BCUT2D eigenvalue weighted by molar-refractivity contribution is 0.0997. The van der Waals surface area contributed by atoms with Crippen molar-refractivity contribution >= 4 is 34.8 Å². The number of anilines is 1. The van der Waals surface area contributed by atoms with Gasteiger partial charge in [-0.2, -0.15) is 0 Å². The molecule has 106 valence electrons. The van der Waals surface area contributed by atoms with Crippen LogP contribution in [0.2, 0.25) is 10.2 Å². The molecule has 2 heterocycles. The topological polar surface area (TPSA) is 85.8 Å². The Morgan fingerprint density at radius 1 is 1.24 bits per heavy atom. The first-order chi connectivity index (χ1) is 10.1. The summed E-state index contributed by atoms with van der Waals surface area (Å²) >= 11 is 11.7. The molecule has 7 nitrogen and oxygen atoms in total. The van der Waals surface area contributed by atoms with Gasteiger partial charge in [0.05, 0.1) is 16.4 Å². The molecule has 0 spiro atoms. The maximum absolute atomic E-state index is 12.0. The van der Waals surface area contributed by atoms with Crippen LogP contribution in [-0.4, -0.2) is 26.1 Å². The summed E-state index contributed by atoms with van der Waals surface area (Å²) in [6.07, 6.45) is 1.43. The van der Waals surface area contributed by atoms with E-state index in [1.165, 1.54) is 23.1 Å². The smallest absolute Gasteiger partial charge is 0.291 e. The van der Waals surface area contributed by atoms with Crippen LogP contribution in [0, 0.1) is 0 Å². The number of furan rings is 1. The Hall–Kier alpha value is -2.38. The lowest BCUT2D eigenvalue weighted by Crippen LogP contribution is -2.11. The van der Waals surface area contributed by atoms with Gasteiger partial charge in [0.15, 0.2) is 11.0 Å². The van der Waals surface area contributed by atoms with Crippen molar-refractivity contribution in [3.63, 3.8) is 0 Å². The molecule has 0 fully saturated rings. The van der Waals surface area contributed by atoms with Crippen molar-refractivity contribution in [1.82, 2.24) is 20.2 Å². The second-order valence-corrected chi connectivity index (χ2v) is 4.76. The molecule has 1 amide bonds. The fourth-order valence-electron chi connectivity index (χ4n) is 1.65. The minimum atomic E-state index is -0.460. The third kappa shape index (κ3) is 2.88. The van der Waals surface area contributed by atoms with Crippen LogP contribution in [0.5, 0.6) is 0 Å². The van der Waals surface area contributed by atoms with E-state index in [-0.39, 0.29) is 11.0 Å². The highest BCUT2D eigenvalue weighted by molar-refractivity contribution is 6.34. The maximum atomic E-state index is 12.0. The molecule has 1 aromatic carbocycles. The molecule has 0 unspecified atom stereocenters. The van der Waals surface area contributed by atoms with Crippen LogP contribution in [0.25, 0.3) is 5.69 Å². The Kier molecular flexibility index (Phi) is 3.59. The number of halogens is 2. The van der Waals surface area contributed by atoms with Crippen molar-refractivity contribution < 1.29 is 9.21 Å². The zero-order valence-corrected chi connectivity index (χ0v) is 11.8. The first kappa shape index (κ1) is 13.6. The third-order valence-electron chi connectivity index (χ3n) is 2.61. The minimum absolute atomic E-state index is 0.0869. The van der Waals surface area contributed by atoms with Gasteiger partial charge < -0.3 is 9.73 Å². The summed E-state index contributed by atoms with van der Waals surface area (Å²) in [7, 11) is 0. The highest BCUT2D eigenvalue weighted by Gasteiger charge is 2.13. The summed E-state index contributed by atoms with van der Waals surface area (Å²) in [4.78, 5) is 12.0. The van der Waals surface area contributed by atoms with E-state index in [1.54, 1.807) is 18.2 Å². The Morgan fingerprint density at radius 3 is 2.76 bits per heavy atom. The molecule has 0 aliphatic rings. The average Bonchev–Trinajstić information content (AvgIpc) is 3.12. The van der Waals surface area contributed by atoms with Crippen molar-refractivity contribution in [3.8, 4) is 5.69 Å². The number of amides is 1. The van der Waals surface area contributed by atoms with Gasteiger partial charge in [-0.25, -0.2) is 4.68 Å². The molecule has 0 saturated carbocycles. The van der Waals surface area contributed by atoms with Crippen molar-refractivity contribution in [2.45, 2.75) is 0 Å². The molecule has 3 aromatic rings.